The number of fused-ring (bicyclic) bond motifs is 1. The highest BCUT2D eigenvalue weighted by molar-refractivity contribution is 5.88. The van der Waals surface area contributed by atoms with E-state index in [4.69, 9.17) is 0 Å². The van der Waals surface area contributed by atoms with E-state index in [0.29, 0.717) is 46.9 Å². The van der Waals surface area contributed by atoms with E-state index in [-0.39, 0.29) is 18.6 Å². The first-order chi connectivity index (χ1) is 15.6. The number of piperidine rings is 1. The van der Waals surface area contributed by atoms with Crippen LogP contribution in [0.5, 0.6) is 0 Å². The maximum absolute atomic E-state index is 13.8. The molecule has 9 heteroatoms. The second kappa shape index (κ2) is 9.11. The highest BCUT2D eigenvalue weighted by Gasteiger charge is 2.34. The van der Waals surface area contributed by atoms with Crippen molar-refractivity contribution in [1.29, 1.82) is 0 Å². The zero-order valence-corrected chi connectivity index (χ0v) is 18.5. The number of anilines is 1. The van der Waals surface area contributed by atoms with E-state index >= 15 is 0 Å². The van der Waals surface area contributed by atoms with Gasteiger partial charge in [0.1, 0.15) is 17.3 Å². The van der Waals surface area contributed by atoms with Crippen molar-refractivity contribution in [3.8, 4) is 0 Å². The van der Waals surface area contributed by atoms with E-state index in [9.17, 15) is 22.4 Å². The van der Waals surface area contributed by atoms with Gasteiger partial charge in [0.25, 0.3) is 0 Å². The van der Waals surface area contributed by atoms with Gasteiger partial charge in [-0.1, -0.05) is 26.0 Å². The summed E-state index contributed by atoms with van der Waals surface area (Å²) in [5, 5.41) is 6.45. The summed E-state index contributed by atoms with van der Waals surface area (Å²) in [5.41, 5.74) is 0.861. The summed E-state index contributed by atoms with van der Waals surface area (Å²) in [5.74, 6) is -0.265. The number of ketones is 1. The lowest BCUT2D eigenvalue weighted by Crippen LogP contribution is -2.34. The maximum Gasteiger partial charge on any atom is 0.433 e. The number of halogens is 4. The number of benzene rings is 1. The number of hydrogen-bond donors (Lipinski definition) is 1. The average molecular weight is 462 g/mol. The molecule has 5 nitrogen and oxygen atoms in total. The van der Waals surface area contributed by atoms with Gasteiger partial charge < -0.3 is 4.90 Å². The van der Waals surface area contributed by atoms with Gasteiger partial charge in [-0.3, -0.25) is 9.89 Å². The summed E-state index contributed by atoms with van der Waals surface area (Å²) in [6.07, 6.45) is -2.31. The molecule has 0 bridgehead atoms. The van der Waals surface area contributed by atoms with E-state index in [1.807, 2.05) is 4.90 Å². The fourth-order valence-corrected chi connectivity index (χ4v) is 4.25. The molecular formula is C24H26F4N4O. The van der Waals surface area contributed by atoms with Crippen molar-refractivity contribution in [3.63, 3.8) is 0 Å². The van der Waals surface area contributed by atoms with E-state index in [2.05, 4.69) is 22.1 Å². The Morgan fingerprint density at radius 2 is 1.94 bits per heavy atom. The lowest BCUT2D eigenvalue weighted by molar-refractivity contribution is -0.141. The first kappa shape index (κ1) is 23.2. The van der Waals surface area contributed by atoms with Gasteiger partial charge >= 0.3 is 6.18 Å². The summed E-state index contributed by atoms with van der Waals surface area (Å²) in [6.45, 7) is 5.16. The Bertz CT molecular complexity index is 1150. The molecule has 176 valence electrons. The van der Waals surface area contributed by atoms with E-state index < -0.39 is 23.7 Å². The SMILES string of the molecule is CC1CCN(c2nc(C(F)(F)F)ccc2CCC(=O)C(C)c2ccc3n[nH]c(F)c3c2)CC1. The van der Waals surface area contributed by atoms with Gasteiger partial charge in [0, 0.05) is 25.4 Å². The first-order valence-electron chi connectivity index (χ1n) is 11.1. The largest absolute Gasteiger partial charge is 0.433 e. The number of carbonyl (C=O) groups is 1. The molecule has 1 aliphatic rings. The number of hydrogen-bond acceptors (Lipinski definition) is 4. The number of Topliss-reactive ketones (excluding diaryl/α,β-unsaturated/α-hetero) is 1. The van der Waals surface area contributed by atoms with Gasteiger partial charge in [0.2, 0.25) is 5.95 Å². The van der Waals surface area contributed by atoms with Gasteiger partial charge in [0.05, 0.1) is 10.9 Å². The Kier molecular flexibility index (Phi) is 6.41. The molecule has 1 N–H and O–H groups in total. The summed E-state index contributed by atoms with van der Waals surface area (Å²) in [4.78, 5) is 18.7. The fourth-order valence-electron chi connectivity index (χ4n) is 4.25. The molecule has 3 aromatic rings. The molecular weight excluding hydrogens is 436 g/mol. The van der Waals surface area contributed by atoms with E-state index in [1.165, 1.54) is 6.07 Å². The van der Waals surface area contributed by atoms with Crippen molar-refractivity contribution in [2.45, 2.75) is 51.6 Å². The normalized spacial score (nSPS) is 16.4. The van der Waals surface area contributed by atoms with Crippen LogP contribution in [-0.4, -0.2) is 34.1 Å². The molecule has 4 rings (SSSR count). The van der Waals surface area contributed by atoms with Gasteiger partial charge in [-0.2, -0.15) is 22.7 Å². The third-order valence-electron chi connectivity index (χ3n) is 6.48. The van der Waals surface area contributed by atoms with Crippen LogP contribution in [0.1, 0.15) is 55.8 Å². The molecule has 33 heavy (non-hydrogen) atoms. The van der Waals surface area contributed by atoms with Crippen LogP contribution in [0.4, 0.5) is 23.4 Å². The smallest absolute Gasteiger partial charge is 0.356 e. The van der Waals surface area contributed by atoms with Gasteiger partial charge in [-0.15, -0.1) is 0 Å². The van der Waals surface area contributed by atoms with Crippen LogP contribution < -0.4 is 4.90 Å². The number of nitrogens with one attached hydrogen (secondary N) is 1. The van der Waals surface area contributed by atoms with Crippen molar-refractivity contribution >= 4 is 22.5 Å². The molecule has 1 fully saturated rings. The number of aromatic nitrogens is 3. The molecule has 0 spiro atoms. The van der Waals surface area contributed by atoms with Crippen LogP contribution in [0.2, 0.25) is 0 Å². The number of H-pyrrole nitrogens is 1. The Hall–Kier alpha value is -2.97. The summed E-state index contributed by atoms with van der Waals surface area (Å²) in [7, 11) is 0. The van der Waals surface area contributed by atoms with Crippen LogP contribution in [0, 0.1) is 11.9 Å². The van der Waals surface area contributed by atoms with Gasteiger partial charge in [-0.05, 0) is 54.5 Å². The topological polar surface area (TPSA) is 61.9 Å². The second-order valence-electron chi connectivity index (χ2n) is 8.85. The summed E-state index contributed by atoms with van der Waals surface area (Å²) in [6, 6.07) is 7.42. The van der Waals surface area contributed by atoms with Crippen molar-refractivity contribution in [1.82, 2.24) is 15.2 Å². The lowest BCUT2D eigenvalue weighted by Gasteiger charge is -2.33. The maximum atomic E-state index is 13.8. The third kappa shape index (κ3) is 5.02. The summed E-state index contributed by atoms with van der Waals surface area (Å²) >= 11 is 0. The van der Waals surface area contributed by atoms with Gasteiger partial charge in [0.15, 0.2) is 0 Å². The van der Waals surface area contributed by atoms with Crippen molar-refractivity contribution < 1.29 is 22.4 Å². The molecule has 0 aliphatic carbocycles. The molecule has 1 atom stereocenters. The number of nitrogens with zero attached hydrogens (tertiary/aromatic N) is 3. The Morgan fingerprint density at radius 3 is 2.64 bits per heavy atom. The lowest BCUT2D eigenvalue weighted by atomic mass is 9.92. The third-order valence-corrected chi connectivity index (χ3v) is 6.48. The Balaban J connectivity index is 1.52. The number of rotatable bonds is 6. The van der Waals surface area contributed by atoms with Crippen LogP contribution in [0.3, 0.4) is 0 Å². The quantitative estimate of drug-likeness (QED) is 0.481. The highest BCUT2D eigenvalue weighted by atomic mass is 19.4. The molecule has 0 radical (unpaired) electrons. The molecule has 3 heterocycles. The van der Waals surface area contributed by atoms with Crippen molar-refractivity contribution in [2.24, 2.45) is 5.92 Å². The van der Waals surface area contributed by atoms with Crippen molar-refractivity contribution in [3.05, 3.63) is 53.1 Å². The Labute approximate surface area is 189 Å². The predicted molar refractivity (Wildman–Crippen MR) is 118 cm³/mol. The molecule has 1 saturated heterocycles. The molecule has 0 saturated carbocycles. The minimum atomic E-state index is -4.53. The average Bonchev–Trinajstić information content (AvgIpc) is 3.17. The first-order valence-corrected chi connectivity index (χ1v) is 11.1. The highest BCUT2D eigenvalue weighted by Crippen LogP contribution is 2.33. The van der Waals surface area contributed by atoms with E-state index in [0.717, 1.165) is 18.9 Å². The molecule has 1 unspecified atom stereocenters. The van der Waals surface area contributed by atoms with Crippen LogP contribution in [-0.2, 0) is 17.4 Å². The predicted octanol–water partition coefficient (Wildman–Crippen LogP) is 5.66. The number of pyridine rings is 1. The molecule has 0 amide bonds. The van der Waals surface area contributed by atoms with Crippen LogP contribution >= 0.6 is 0 Å². The standard InChI is InChI=1S/C24H26F4N4O/c1-14-9-11-32(12-10-14)23-16(5-8-21(29-23)24(26,27)28)4-7-20(33)15(2)17-3-6-19-18(13-17)22(25)31-30-19/h3,5-6,8,13-15H,4,7,9-12H2,1-2H3,(H,30,31). The van der Waals surface area contributed by atoms with Gasteiger partial charge in [-0.25, -0.2) is 4.98 Å². The van der Waals surface area contributed by atoms with Crippen LogP contribution in [0.15, 0.2) is 30.3 Å². The minimum absolute atomic E-state index is 0.0728. The number of alkyl halides is 3. The molecule has 2 aromatic heterocycles. The Morgan fingerprint density at radius 1 is 1.21 bits per heavy atom. The number of aromatic amines is 1. The van der Waals surface area contributed by atoms with Crippen LogP contribution in [0.25, 0.3) is 10.9 Å². The summed E-state index contributed by atoms with van der Waals surface area (Å²) < 4.78 is 53.7. The molecule has 1 aliphatic heterocycles. The van der Waals surface area contributed by atoms with E-state index in [1.54, 1.807) is 25.1 Å². The van der Waals surface area contributed by atoms with Crippen molar-refractivity contribution in [2.75, 3.05) is 18.0 Å². The minimum Gasteiger partial charge on any atom is -0.356 e. The monoisotopic (exact) mass is 462 g/mol. The fraction of sp³-hybridized carbons (Fsp3) is 0.458. The number of aryl methyl sites for hydroxylation is 1. The zero-order chi connectivity index (χ0) is 23.8. The second-order valence-corrected chi connectivity index (χ2v) is 8.85. The zero-order valence-electron chi connectivity index (χ0n) is 18.5. The number of carbonyl (C=O) groups excluding carboxylic acids is 1. The molecule has 1 aromatic carbocycles.